The van der Waals surface area contributed by atoms with Crippen LogP contribution in [0.3, 0.4) is 0 Å². The van der Waals surface area contributed by atoms with Crippen molar-refractivity contribution in [2.45, 2.75) is 25.8 Å². The van der Waals surface area contributed by atoms with Crippen molar-refractivity contribution in [3.8, 4) is 0 Å². The number of rotatable bonds is 5. The molecule has 1 aromatic rings. The van der Waals surface area contributed by atoms with Crippen molar-refractivity contribution in [2.24, 2.45) is 5.73 Å². The fourth-order valence-electron chi connectivity index (χ4n) is 2.53. The lowest BCUT2D eigenvalue weighted by Gasteiger charge is -2.27. The number of halogens is 1. The van der Waals surface area contributed by atoms with Gasteiger partial charge in [-0.25, -0.2) is 4.39 Å². The van der Waals surface area contributed by atoms with E-state index in [1.807, 2.05) is 6.07 Å². The smallest absolute Gasteiger partial charge is 0.126 e. The predicted molar refractivity (Wildman–Crippen MR) is 76.6 cm³/mol. The molecule has 1 heterocycles. The zero-order valence-corrected chi connectivity index (χ0v) is 11.7. The molecule has 2 rings (SSSR count). The van der Waals surface area contributed by atoms with E-state index in [1.165, 1.54) is 6.07 Å². The van der Waals surface area contributed by atoms with E-state index in [1.54, 1.807) is 13.0 Å². The second-order valence-corrected chi connectivity index (χ2v) is 5.35. The molecule has 1 saturated heterocycles. The first-order valence-electron chi connectivity index (χ1n) is 7.11. The maximum Gasteiger partial charge on any atom is 0.126 e. The van der Waals surface area contributed by atoms with E-state index in [2.05, 4.69) is 10.2 Å². The molecule has 4 heteroatoms. The molecule has 1 fully saturated rings. The first-order valence-corrected chi connectivity index (χ1v) is 7.11. The van der Waals surface area contributed by atoms with Crippen molar-refractivity contribution in [2.75, 3.05) is 32.7 Å². The van der Waals surface area contributed by atoms with Gasteiger partial charge in [-0.2, -0.15) is 0 Å². The lowest BCUT2D eigenvalue weighted by molar-refractivity contribution is 0.235. The summed E-state index contributed by atoms with van der Waals surface area (Å²) in [4.78, 5) is 2.47. The number of piperazine rings is 1. The summed E-state index contributed by atoms with van der Waals surface area (Å²) in [6, 6.07) is 5.20. The van der Waals surface area contributed by atoms with Crippen LogP contribution in [0, 0.1) is 12.7 Å². The van der Waals surface area contributed by atoms with E-state index in [-0.39, 0.29) is 11.9 Å². The Bertz CT molecular complexity index is 402. The molecule has 0 radical (unpaired) electrons. The summed E-state index contributed by atoms with van der Waals surface area (Å²) < 4.78 is 13.2. The molecule has 0 saturated carbocycles. The van der Waals surface area contributed by atoms with E-state index in [9.17, 15) is 4.39 Å². The van der Waals surface area contributed by atoms with Crippen LogP contribution in [0.15, 0.2) is 18.2 Å². The molecule has 0 spiro atoms. The number of hydrogen-bond donors (Lipinski definition) is 2. The molecule has 0 aromatic heterocycles. The minimum Gasteiger partial charge on any atom is -0.324 e. The zero-order chi connectivity index (χ0) is 13.7. The van der Waals surface area contributed by atoms with Crippen LogP contribution in [0.4, 0.5) is 4.39 Å². The van der Waals surface area contributed by atoms with Gasteiger partial charge in [-0.1, -0.05) is 12.1 Å². The second-order valence-electron chi connectivity index (χ2n) is 5.35. The molecule has 3 N–H and O–H groups in total. The van der Waals surface area contributed by atoms with Crippen LogP contribution < -0.4 is 11.1 Å². The molecule has 19 heavy (non-hydrogen) atoms. The topological polar surface area (TPSA) is 41.3 Å². The number of benzene rings is 1. The van der Waals surface area contributed by atoms with Crippen LogP contribution >= 0.6 is 0 Å². The molecule has 1 atom stereocenters. The highest BCUT2D eigenvalue weighted by Gasteiger charge is 2.11. The van der Waals surface area contributed by atoms with Gasteiger partial charge in [0.05, 0.1) is 0 Å². The van der Waals surface area contributed by atoms with Crippen LogP contribution in [0.2, 0.25) is 0 Å². The Morgan fingerprint density at radius 1 is 1.37 bits per heavy atom. The Hall–Kier alpha value is -0.970. The van der Waals surface area contributed by atoms with Crippen LogP contribution in [-0.4, -0.2) is 37.6 Å². The van der Waals surface area contributed by atoms with Crippen LogP contribution in [-0.2, 0) is 0 Å². The fourth-order valence-corrected chi connectivity index (χ4v) is 2.53. The van der Waals surface area contributed by atoms with Crippen LogP contribution in [0.25, 0.3) is 0 Å². The Kier molecular flexibility index (Phi) is 5.31. The first-order chi connectivity index (χ1) is 9.16. The molecule has 1 unspecified atom stereocenters. The minimum atomic E-state index is -0.156. The van der Waals surface area contributed by atoms with Gasteiger partial charge in [0.1, 0.15) is 5.82 Å². The minimum absolute atomic E-state index is 0.0159. The largest absolute Gasteiger partial charge is 0.324 e. The van der Waals surface area contributed by atoms with Crippen molar-refractivity contribution in [3.05, 3.63) is 35.1 Å². The number of nitrogens with two attached hydrogens (primary N) is 1. The van der Waals surface area contributed by atoms with Crippen LogP contribution in [0.5, 0.6) is 0 Å². The molecule has 1 aliphatic rings. The lowest BCUT2D eigenvalue weighted by atomic mass is 10.0. The van der Waals surface area contributed by atoms with E-state index in [0.29, 0.717) is 5.56 Å². The fraction of sp³-hybridized carbons (Fsp3) is 0.600. The third-order valence-electron chi connectivity index (χ3n) is 3.81. The van der Waals surface area contributed by atoms with Gasteiger partial charge in [0, 0.05) is 32.2 Å². The van der Waals surface area contributed by atoms with Gasteiger partial charge in [0.2, 0.25) is 0 Å². The average molecular weight is 265 g/mol. The summed E-state index contributed by atoms with van der Waals surface area (Å²) in [7, 11) is 0. The van der Waals surface area contributed by atoms with Gasteiger partial charge in [0.15, 0.2) is 0 Å². The normalized spacial score (nSPS) is 18.5. The van der Waals surface area contributed by atoms with Gasteiger partial charge in [-0.15, -0.1) is 0 Å². The predicted octanol–water partition coefficient (Wildman–Crippen LogP) is 1.82. The van der Waals surface area contributed by atoms with Crippen molar-refractivity contribution in [3.63, 3.8) is 0 Å². The Labute approximate surface area is 115 Å². The quantitative estimate of drug-likeness (QED) is 0.853. The summed E-state index contributed by atoms with van der Waals surface area (Å²) in [5.41, 5.74) is 7.89. The summed E-state index contributed by atoms with van der Waals surface area (Å²) in [6.07, 6.45) is 2.05. The van der Waals surface area contributed by atoms with E-state index in [0.717, 1.165) is 51.1 Å². The Morgan fingerprint density at radius 3 is 2.79 bits per heavy atom. The maximum atomic E-state index is 13.2. The van der Waals surface area contributed by atoms with Gasteiger partial charge in [-0.05, 0) is 43.5 Å². The Balaban J connectivity index is 1.76. The monoisotopic (exact) mass is 265 g/mol. The molecule has 0 aliphatic carbocycles. The van der Waals surface area contributed by atoms with Crippen molar-refractivity contribution >= 4 is 0 Å². The SMILES string of the molecule is Cc1cc(C(N)CCCN2CCNCC2)ccc1F. The molecule has 1 aliphatic heterocycles. The van der Waals surface area contributed by atoms with Crippen molar-refractivity contribution in [1.29, 1.82) is 0 Å². The number of hydrogen-bond acceptors (Lipinski definition) is 3. The van der Waals surface area contributed by atoms with E-state index in [4.69, 9.17) is 5.73 Å². The second kappa shape index (κ2) is 6.98. The highest BCUT2D eigenvalue weighted by atomic mass is 19.1. The van der Waals surface area contributed by atoms with Gasteiger partial charge in [-0.3, -0.25) is 0 Å². The lowest BCUT2D eigenvalue weighted by Crippen LogP contribution is -2.43. The van der Waals surface area contributed by atoms with E-state index < -0.39 is 0 Å². The van der Waals surface area contributed by atoms with Crippen molar-refractivity contribution < 1.29 is 4.39 Å². The van der Waals surface area contributed by atoms with E-state index >= 15 is 0 Å². The molecule has 0 bridgehead atoms. The van der Waals surface area contributed by atoms with Crippen molar-refractivity contribution in [1.82, 2.24) is 10.2 Å². The first kappa shape index (κ1) is 14.4. The molecule has 3 nitrogen and oxygen atoms in total. The average Bonchev–Trinajstić information content (AvgIpc) is 2.43. The standard InChI is InChI=1S/C15H24FN3/c1-12-11-13(4-5-14(12)16)15(17)3-2-8-19-9-6-18-7-10-19/h4-5,11,15,18H,2-3,6-10,17H2,1H3. The van der Waals surface area contributed by atoms with Gasteiger partial charge >= 0.3 is 0 Å². The third-order valence-corrected chi connectivity index (χ3v) is 3.81. The third kappa shape index (κ3) is 4.27. The summed E-state index contributed by atoms with van der Waals surface area (Å²) in [6.45, 7) is 7.32. The maximum absolute atomic E-state index is 13.2. The molecule has 0 amide bonds. The Morgan fingerprint density at radius 2 is 2.11 bits per heavy atom. The highest BCUT2D eigenvalue weighted by molar-refractivity contribution is 5.26. The summed E-state index contributed by atoms with van der Waals surface area (Å²) in [5.74, 6) is -0.156. The molecule has 106 valence electrons. The number of nitrogens with one attached hydrogen (secondary N) is 1. The molecule has 1 aromatic carbocycles. The summed E-state index contributed by atoms with van der Waals surface area (Å²) in [5, 5.41) is 3.35. The zero-order valence-electron chi connectivity index (χ0n) is 11.7. The number of aryl methyl sites for hydroxylation is 1. The molecular weight excluding hydrogens is 241 g/mol. The highest BCUT2D eigenvalue weighted by Crippen LogP contribution is 2.19. The van der Waals surface area contributed by atoms with Gasteiger partial charge in [0.25, 0.3) is 0 Å². The number of nitrogens with zero attached hydrogens (tertiary/aromatic N) is 1. The van der Waals surface area contributed by atoms with Crippen LogP contribution in [0.1, 0.15) is 30.0 Å². The summed E-state index contributed by atoms with van der Waals surface area (Å²) >= 11 is 0. The van der Waals surface area contributed by atoms with Gasteiger partial charge < -0.3 is 16.0 Å². The molecular formula is C15H24FN3.